The molecular formula is C14H16ClNO3. The van der Waals surface area contributed by atoms with Crippen LogP contribution in [0.2, 0.25) is 5.02 Å². The quantitative estimate of drug-likeness (QED) is 0.927. The Bertz CT molecular complexity index is 517. The van der Waals surface area contributed by atoms with Crippen LogP contribution in [0.3, 0.4) is 0 Å². The van der Waals surface area contributed by atoms with Gasteiger partial charge in [-0.3, -0.25) is 4.79 Å². The second-order valence-corrected chi connectivity index (χ2v) is 5.14. The average molecular weight is 282 g/mol. The number of aliphatic carboxylic acids is 1. The van der Waals surface area contributed by atoms with E-state index in [1.54, 1.807) is 31.2 Å². The van der Waals surface area contributed by atoms with Gasteiger partial charge in [-0.2, -0.15) is 0 Å². The molecule has 1 atom stereocenters. The summed E-state index contributed by atoms with van der Waals surface area (Å²) in [4.78, 5) is 25.5. The molecule has 1 saturated heterocycles. The molecule has 1 aromatic rings. The van der Waals surface area contributed by atoms with Gasteiger partial charge in [0.1, 0.15) is 5.54 Å². The number of likely N-dealkylation sites (tertiary alicyclic amines) is 1. The maximum atomic E-state index is 12.5. The van der Waals surface area contributed by atoms with Gasteiger partial charge in [0.05, 0.1) is 10.6 Å². The van der Waals surface area contributed by atoms with Crippen LogP contribution < -0.4 is 0 Å². The van der Waals surface area contributed by atoms with Crippen molar-refractivity contribution >= 4 is 23.5 Å². The number of amides is 1. The van der Waals surface area contributed by atoms with E-state index in [0.717, 1.165) is 0 Å². The Morgan fingerprint density at radius 3 is 2.68 bits per heavy atom. The molecule has 1 aliphatic heterocycles. The molecule has 5 heteroatoms. The summed E-state index contributed by atoms with van der Waals surface area (Å²) in [7, 11) is 0. The first-order valence-electron chi connectivity index (χ1n) is 6.33. The summed E-state index contributed by atoms with van der Waals surface area (Å²) in [5.41, 5.74) is -0.721. The van der Waals surface area contributed by atoms with Crippen molar-refractivity contribution in [2.24, 2.45) is 0 Å². The highest BCUT2D eigenvalue weighted by atomic mass is 35.5. The van der Waals surface area contributed by atoms with Crippen molar-refractivity contribution in [3.63, 3.8) is 0 Å². The van der Waals surface area contributed by atoms with Crippen LogP contribution >= 0.6 is 11.6 Å². The van der Waals surface area contributed by atoms with Gasteiger partial charge in [-0.25, -0.2) is 4.79 Å². The number of carbonyl (C=O) groups excluding carboxylic acids is 1. The Kier molecular flexibility index (Phi) is 3.80. The fourth-order valence-corrected chi connectivity index (χ4v) is 2.91. The van der Waals surface area contributed by atoms with Crippen LogP contribution in [0.4, 0.5) is 0 Å². The fraction of sp³-hybridized carbons (Fsp3) is 0.429. The minimum absolute atomic E-state index is 0.299. The predicted molar refractivity (Wildman–Crippen MR) is 72.4 cm³/mol. The van der Waals surface area contributed by atoms with Crippen LogP contribution in [0.1, 0.15) is 36.5 Å². The Balaban J connectivity index is 2.38. The number of carboxylic acid groups (broad SMARTS) is 1. The van der Waals surface area contributed by atoms with Crippen molar-refractivity contribution < 1.29 is 14.7 Å². The highest BCUT2D eigenvalue weighted by Crippen LogP contribution is 2.34. The largest absolute Gasteiger partial charge is 0.479 e. The third-order valence-electron chi connectivity index (χ3n) is 3.82. The van der Waals surface area contributed by atoms with Gasteiger partial charge in [0.2, 0.25) is 0 Å². The Hall–Kier alpha value is -1.55. The molecule has 1 unspecified atom stereocenters. The standard InChI is InChI=1S/C14H16ClNO3/c1-2-14(13(18)19)8-5-9-16(14)12(17)10-6-3-4-7-11(10)15/h3-4,6-7H,2,5,8-9H2,1H3,(H,18,19). The number of nitrogens with zero attached hydrogens (tertiary/aromatic N) is 1. The third kappa shape index (κ3) is 2.21. The molecule has 1 fully saturated rings. The molecule has 0 aliphatic carbocycles. The van der Waals surface area contributed by atoms with E-state index >= 15 is 0 Å². The second-order valence-electron chi connectivity index (χ2n) is 4.73. The summed E-state index contributed by atoms with van der Waals surface area (Å²) in [5, 5.41) is 9.83. The van der Waals surface area contributed by atoms with Crippen LogP contribution in [0.5, 0.6) is 0 Å². The number of hydrogen-bond acceptors (Lipinski definition) is 2. The molecule has 19 heavy (non-hydrogen) atoms. The summed E-state index contributed by atoms with van der Waals surface area (Å²) in [5.74, 6) is -1.24. The lowest BCUT2D eigenvalue weighted by Crippen LogP contribution is -2.52. The van der Waals surface area contributed by atoms with Crippen molar-refractivity contribution in [2.75, 3.05) is 6.54 Å². The smallest absolute Gasteiger partial charge is 0.329 e. The van der Waals surface area contributed by atoms with Crippen LogP contribution in [0.15, 0.2) is 24.3 Å². The SMILES string of the molecule is CCC1(C(=O)O)CCCN1C(=O)c1ccccc1Cl. The van der Waals surface area contributed by atoms with Gasteiger partial charge in [0.15, 0.2) is 0 Å². The molecule has 0 radical (unpaired) electrons. The molecule has 1 amide bonds. The van der Waals surface area contributed by atoms with Crippen LogP contribution in [-0.2, 0) is 4.79 Å². The number of rotatable bonds is 3. The summed E-state index contributed by atoms with van der Waals surface area (Å²) >= 11 is 6.02. The normalized spacial score (nSPS) is 22.5. The number of hydrogen-bond donors (Lipinski definition) is 1. The van der Waals surface area contributed by atoms with Crippen molar-refractivity contribution in [3.8, 4) is 0 Å². The van der Waals surface area contributed by atoms with Gasteiger partial charge in [-0.05, 0) is 31.4 Å². The molecule has 0 aromatic heterocycles. The molecule has 0 bridgehead atoms. The van der Waals surface area contributed by atoms with Crippen molar-refractivity contribution in [1.82, 2.24) is 4.90 Å². The van der Waals surface area contributed by atoms with Gasteiger partial charge >= 0.3 is 5.97 Å². The molecule has 1 aliphatic rings. The lowest BCUT2D eigenvalue weighted by molar-refractivity contribution is -0.148. The maximum absolute atomic E-state index is 12.5. The van der Waals surface area contributed by atoms with E-state index < -0.39 is 11.5 Å². The van der Waals surface area contributed by atoms with E-state index in [9.17, 15) is 14.7 Å². The first-order chi connectivity index (χ1) is 9.03. The zero-order valence-corrected chi connectivity index (χ0v) is 11.5. The van der Waals surface area contributed by atoms with Crippen LogP contribution in [0, 0.1) is 0 Å². The topological polar surface area (TPSA) is 57.6 Å². The molecule has 4 nitrogen and oxygen atoms in total. The molecular weight excluding hydrogens is 266 g/mol. The first kappa shape index (κ1) is 13.9. The highest BCUT2D eigenvalue weighted by molar-refractivity contribution is 6.33. The third-order valence-corrected chi connectivity index (χ3v) is 4.15. The average Bonchev–Trinajstić information content (AvgIpc) is 2.83. The molecule has 1 heterocycles. The molecule has 1 aromatic carbocycles. The lowest BCUT2D eigenvalue weighted by atomic mass is 9.92. The van der Waals surface area contributed by atoms with Gasteiger partial charge in [0, 0.05) is 6.54 Å². The maximum Gasteiger partial charge on any atom is 0.329 e. The minimum atomic E-state index is -1.09. The van der Waals surface area contributed by atoms with E-state index in [1.807, 2.05) is 0 Å². The van der Waals surface area contributed by atoms with E-state index in [2.05, 4.69) is 0 Å². The summed E-state index contributed by atoms with van der Waals surface area (Å²) in [6.07, 6.45) is 1.60. The van der Waals surface area contributed by atoms with Gasteiger partial charge in [0.25, 0.3) is 5.91 Å². The van der Waals surface area contributed by atoms with Gasteiger partial charge < -0.3 is 10.0 Å². The molecule has 0 saturated carbocycles. The Morgan fingerprint density at radius 1 is 1.42 bits per heavy atom. The van der Waals surface area contributed by atoms with Crippen molar-refractivity contribution in [2.45, 2.75) is 31.7 Å². The van der Waals surface area contributed by atoms with E-state index in [-0.39, 0.29) is 5.91 Å². The molecule has 102 valence electrons. The van der Waals surface area contributed by atoms with E-state index in [1.165, 1.54) is 4.90 Å². The van der Waals surface area contributed by atoms with E-state index in [0.29, 0.717) is 36.4 Å². The number of carbonyl (C=O) groups is 2. The minimum Gasteiger partial charge on any atom is -0.479 e. The molecule has 1 N–H and O–H groups in total. The van der Waals surface area contributed by atoms with Gasteiger partial charge in [-0.1, -0.05) is 30.7 Å². The van der Waals surface area contributed by atoms with Crippen molar-refractivity contribution in [3.05, 3.63) is 34.9 Å². The second kappa shape index (κ2) is 5.21. The first-order valence-corrected chi connectivity index (χ1v) is 6.70. The fourth-order valence-electron chi connectivity index (χ4n) is 2.70. The summed E-state index contributed by atoms with van der Waals surface area (Å²) < 4.78 is 0. The van der Waals surface area contributed by atoms with E-state index in [4.69, 9.17) is 11.6 Å². The summed E-state index contributed by atoms with van der Waals surface area (Å²) in [6.45, 7) is 2.26. The van der Waals surface area contributed by atoms with Crippen LogP contribution in [-0.4, -0.2) is 34.0 Å². The molecule has 0 spiro atoms. The summed E-state index contributed by atoms with van der Waals surface area (Å²) in [6, 6.07) is 6.74. The lowest BCUT2D eigenvalue weighted by Gasteiger charge is -2.34. The molecule has 2 rings (SSSR count). The number of benzene rings is 1. The zero-order valence-electron chi connectivity index (χ0n) is 10.7. The van der Waals surface area contributed by atoms with Gasteiger partial charge in [-0.15, -0.1) is 0 Å². The Labute approximate surface area is 117 Å². The number of carboxylic acids is 1. The monoisotopic (exact) mass is 281 g/mol. The number of halogens is 1. The Morgan fingerprint density at radius 2 is 2.11 bits per heavy atom. The van der Waals surface area contributed by atoms with Crippen LogP contribution in [0.25, 0.3) is 0 Å². The zero-order chi connectivity index (χ0) is 14.0. The highest BCUT2D eigenvalue weighted by Gasteiger charge is 2.48. The predicted octanol–water partition coefficient (Wildman–Crippen LogP) is 2.81. The van der Waals surface area contributed by atoms with Crippen molar-refractivity contribution in [1.29, 1.82) is 0 Å².